The standard InChI is InChI=1S/C10H18O3/c1-11-9-4-7-13-10(8-9)5-2-3-6-12-10/h9H,2-8H2,1H3/t9-,10-/m0/s1. The van der Waals surface area contributed by atoms with Gasteiger partial charge in [0.1, 0.15) is 0 Å². The highest BCUT2D eigenvalue weighted by Gasteiger charge is 2.39. The van der Waals surface area contributed by atoms with E-state index in [0.29, 0.717) is 6.10 Å². The van der Waals surface area contributed by atoms with Crippen LogP contribution in [0.5, 0.6) is 0 Å². The van der Waals surface area contributed by atoms with Crippen LogP contribution in [0.1, 0.15) is 32.1 Å². The van der Waals surface area contributed by atoms with Gasteiger partial charge in [0.25, 0.3) is 0 Å². The summed E-state index contributed by atoms with van der Waals surface area (Å²) >= 11 is 0. The van der Waals surface area contributed by atoms with Gasteiger partial charge in [0.05, 0.1) is 19.3 Å². The molecule has 0 saturated carbocycles. The number of methoxy groups -OCH3 is 1. The van der Waals surface area contributed by atoms with Crippen LogP contribution in [0.3, 0.4) is 0 Å². The molecule has 2 aliphatic heterocycles. The van der Waals surface area contributed by atoms with Crippen molar-refractivity contribution in [3.05, 3.63) is 0 Å². The lowest BCUT2D eigenvalue weighted by Gasteiger charge is -2.42. The summed E-state index contributed by atoms with van der Waals surface area (Å²) in [6, 6.07) is 0. The van der Waals surface area contributed by atoms with Crippen molar-refractivity contribution in [2.24, 2.45) is 0 Å². The summed E-state index contributed by atoms with van der Waals surface area (Å²) in [4.78, 5) is 0. The molecule has 13 heavy (non-hydrogen) atoms. The zero-order valence-corrected chi connectivity index (χ0v) is 8.25. The van der Waals surface area contributed by atoms with Crippen molar-refractivity contribution in [1.82, 2.24) is 0 Å². The molecule has 3 nitrogen and oxygen atoms in total. The molecule has 2 fully saturated rings. The maximum absolute atomic E-state index is 5.74. The van der Waals surface area contributed by atoms with Crippen molar-refractivity contribution in [2.45, 2.75) is 44.0 Å². The van der Waals surface area contributed by atoms with E-state index in [1.165, 1.54) is 12.8 Å². The summed E-state index contributed by atoms with van der Waals surface area (Å²) in [5.41, 5.74) is 0. The van der Waals surface area contributed by atoms with Crippen molar-refractivity contribution in [3.8, 4) is 0 Å². The van der Waals surface area contributed by atoms with E-state index in [2.05, 4.69) is 0 Å². The Morgan fingerprint density at radius 3 is 2.77 bits per heavy atom. The Morgan fingerprint density at radius 2 is 2.08 bits per heavy atom. The van der Waals surface area contributed by atoms with Crippen molar-refractivity contribution < 1.29 is 14.2 Å². The number of hydrogen-bond acceptors (Lipinski definition) is 3. The molecule has 0 aromatic heterocycles. The summed E-state index contributed by atoms with van der Waals surface area (Å²) in [6.45, 7) is 1.62. The van der Waals surface area contributed by atoms with Gasteiger partial charge in [-0.15, -0.1) is 0 Å². The van der Waals surface area contributed by atoms with Crippen LogP contribution in [-0.2, 0) is 14.2 Å². The van der Waals surface area contributed by atoms with E-state index in [4.69, 9.17) is 14.2 Å². The van der Waals surface area contributed by atoms with Gasteiger partial charge in [-0.1, -0.05) is 0 Å². The zero-order valence-electron chi connectivity index (χ0n) is 8.25. The molecule has 0 unspecified atom stereocenters. The van der Waals surface area contributed by atoms with Crippen molar-refractivity contribution in [1.29, 1.82) is 0 Å². The third kappa shape index (κ3) is 2.03. The molecule has 0 bridgehead atoms. The molecule has 1 spiro atoms. The molecule has 2 heterocycles. The molecule has 0 aliphatic carbocycles. The van der Waals surface area contributed by atoms with Crippen LogP contribution < -0.4 is 0 Å². The predicted molar refractivity (Wildman–Crippen MR) is 48.5 cm³/mol. The molecule has 76 valence electrons. The molecule has 0 radical (unpaired) electrons. The van der Waals surface area contributed by atoms with Gasteiger partial charge in [0, 0.05) is 20.0 Å². The topological polar surface area (TPSA) is 27.7 Å². The molecule has 0 aromatic carbocycles. The average molecular weight is 186 g/mol. The molecule has 0 N–H and O–H groups in total. The van der Waals surface area contributed by atoms with Gasteiger partial charge in [-0.25, -0.2) is 0 Å². The minimum Gasteiger partial charge on any atom is -0.381 e. The van der Waals surface area contributed by atoms with Crippen LogP contribution in [0.25, 0.3) is 0 Å². The first-order chi connectivity index (χ1) is 6.35. The lowest BCUT2D eigenvalue weighted by atomic mass is 9.95. The number of hydrogen-bond donors (Lipinski definition) is 0. The molecule has 2 atom stereocenters. The van der Waals surface area contributed by atoms with Gasteiger partial charge in [-0.05, 0) is 19.3 Å². The van der Waals surface area contributed by atoms with Crippen LogP contribution in [0.15, 0.2) is 0 Å². The number of ether oxygens (including phenoxy) is 3. The largest absolute Gasteiger partial charge is 0.381 e. The van der Waals surface area contributed by atoms with Crippen molar-refractivity contribution in [3.63, 3.8) is 0 Å². The first kappa shape index (κ1) is 9.44. The van der Waals surface area contributed by atoms with Crippen molar-refractivity contribution >= 4 is 0 Å². The fourth-order valence-corrected chi connectivity index (χ4v) is 2.19. The Balaban J connectivity index is 1.95. The highest BCUT2D eigenvalue weighted by atomic mass is 16.7. The Kier molecular flexibility index (Phi) is 2.86. The lowest BCUT2D eigenvalue weighted by molar-refractivity contribution is -0.288. The molecule has 2 rings (SSSR count). The molecular weight excluding hydrogens is 168 g/mol. The summed E-state index contributed by atoms with van der Waals surface area (Å²) < 4.78 is 16.8. The smallest absolute Gasteiger partial charge is 0.170 e. The van der Waals surface area contributed by atoms with Crippen LogP contribution in [0, 0.1) is 0 Å². The van der Waals surface area contributed by atoms with Crippen LogP contribution >= 0.6 is 0 Å². The molecule has 3 heteroatoms. The number of rotatable bonds is 1. The Hall–Kier alpha value is -0.120. The van der Waals surface area contributed by atoms with Gasteiger partial charge in [-0.3, -0.25) is 0 Å². The molecule has 0 aromatic rings. The Bertz CT molecular complexity index is 158. The van der Waals surface area contributed by atoms with E-state index in [9.17, 15) is 0 Å². The SMILES string of the molecule is CO[C@H]1CCO[C@@]2(CCCCO2)C1. The van der Waals surface area contributed by atoms with E-state index in [0.717, 1.165) is 32.5 Å². The molecular formula is C10H18O3. The van der Waals surface area contributed by atoms with E-state index in [1.54, 1.807) is 7.11 Å². The van der Waals surface area contributed by atoms with E-state index in [1.807, 2.05) is 0 Å². The Morgan fingerprint density at radius 1 is 1.23 bits per heavy atom. The van der Waals surface area contributed by atoms with Crippen LogP contribution in [0.2, 0.25) is 0 Å². The van der Waals surface area contributed by atoms with Crippen LogP contribution in [0.4, 0.5) is 0 Å². The Labute approximate surface area is 79.4 Å². The van der Waals surface area contributed by atoms with Gasteiger partial charge < -0.3 is 14.2 Å². The molecule has 0 amide bonds. The van der Waals surface area contributed by atoms with Crippen molar-refractivity contribution in [2.75, 3.05) is 20.3 Å². The predicted octanol–water partition coefficient (Wildman–Crippen LogP) is 1.71. The minimum atomic E-state index is -0.294. The molecule has 2 aliphatic rings. The summed E-state index contributed by atoms with van der Waals surface area (Å²) in [7, 11) is 1.77. The second-order valence-corrected chi connectivity index (χ2v) is 3.92. The third-order valence-corrected chi connectivity index (χ3v) is 2.99. The minimum absolute atomic E-state index is 0.294. The monoisotopic (exact) mass is 186 g/mol. The van der Waals surface area contributed by atoms with Gasteiger partial charge >= 0.3 is 0 Å². The maximum Gasteiger partial charge on any atom is 0.170 e. The lowest BCUT2D eigenvalue weighted by Crippen LogP contribution is -2.46. The van der Waals surface area contributed by atoms with E-state index >= 15 is 0 Å². The summed E-state index contributed by atoms with van der Waals surface area (Å²) in [5, 5.41) is 0. The first-order valence-electron chi connectivity index (χ1n) is 5.15. The highest BCUT2D eigenvalue weighted by molar-refractivity contribution is 4.81. The van der Waals surface area contributed by atoms with Gasteiger partial charge in [0.2, 0.25) is 0 Å². The normalized spacial score (nSPS) is 40.8. The quantitative estimate of drug-likeness (QED) is 0.624. The summed E-state index contributed by atoms with van der Waals surface area (Å²) in [5.74, 6) is -0.294. The fraction of sp³-hybridized carbons (Fsp3) is 1.00. The second kappa shape index (κ2) is 3.95. The van der Waals surface area contributed by atoms with Gasteiger partial charge in [-0.2, -0.15) is 0 Å². The second-order valence-electron chi connectivity index (χ2n) is 3.92. The molecule has 2 saturated heterocycles. The first-order valence-corrected chi connectivity index (χ1v) is 5.15. The maximum atomic E-state index is 5.74. The van der Waals surface area contributed by atoms with E-state index < -0.39 is 0 Å². The van der Waals surface area contributed by atoms with E-state index in [-0.39, 0.29) is 5.79 Å². The van der Waals surface area contributed by atoms with Crippen LogP contribution in [-0.4, -0.2) is 32.2 Å². The average Bonchev–Trinajstić information content (AvgIpc) is 2.19. The third-order valence-electron chi connectivity index (χ3n) is 2.99. The summed E-state index contributed by atoms with van der Waals surface area (Å²) in [6.07, 6.45) is 5.66. The highest BCUT2D eigenvalue weighted by Crippen LogP contribution is 2.35. The van der Waals surface area contributed by atoms with Gasteiger partial charge in [0.15, 0.2) is 5.79 Å². The fourth-order valence-electron chi connectivity index (χ4n) is 2.19. The zero-order chi connectivity index (χ0) is 9.15.